The fourth-order valence-electron chi connectivity index (χ4n) is 2.87. The normalized spacial score (nSPS) is 10.2. The highest BCUT2D eigenvalue weighted by atomic mass is 79.9. The molecular weight excluding hydrogens is 466 g/mol. The minimum atomic E-state index is -0.770. The number of halogens is 1. The van der Waals surface area contributed by atoms with E-state index in [0.29, 0.717) is 11.3 Å². The van der Waals surface area contributed by atoms with E-state index in [1.54, 1.807) is 24.3 Å². The topological polar surface area (TPSA) is 114 Å². The third-order valence-electron chi connectivity index (χ3n) is 4.23. The number of nitrogens with one attached hydrogen (secondary N) is 3. The van der Waals surface area contributed by atoms with Gasteiger partial charge in [0.25, 0.3) is 11.8 Å². The maximum atomic E-state index is 12.1. The van der Waals surface area contributed by atoms with Gasteiger partial charge < -0.3 is 20.7 Å². The summed E-state index contributed by atoms with van der Waals surface area (Å²) in [6, 6.07) is 10.6. The summed E-state index contributed by atoms with van der Waals surface area (Å²) in [6.45, 7) is 4.56. The Balaban J connectivity index is 1.70. The molecule has 0 saturated carbocycles. The molecule has 0 fully saturated rings. The van der Waals surface area contributed by atoms with Crippen LogP contribution in [-0.4, -0.2) is 43.4 Å². The summed E-state index contributed by atoms with van der Waals surface area (Å²) < 4.78 is 5.54. The monoisotopic (exact) mass is 489 g/mol. The molecule has 0 saturated heterocycles. The lowest BCUT2D eigenvalue weighted by molar-refractivity contribution is -0.147. The van der Waals surface area contributed by atoms with Crippen molar-refractivity contribution in [2.45, 2.75) is 20.8 Å². The number of amides is 3. The smallest absolute Gasteiger partial charge is 0.325 e. The van der Waals surface area contributed by atoms with Crippen LogP contribution >= 0.6 is 15.9 Å². The molecule has 2 aromatic carbocycles. The lowest BCUT2D eigenvalue weighted by atomic mass is 10.1. The Kier molecular flexibility index (Phi) is 8.75. The Morgan fingerprint density at radius 2 is 1.58 bits per heavy atom. The fourth-order valence-corrected chi connectivity index (χ4v) is 3.27. The molecule has 3 N–H and O–H groups in total. The van der Waals surface area contributed by atoms with Gasteiger partial charge in [-0.15, -0.1) is 0 Å². The third kappa shape index (κ3) is 7.86. The minimum absolute atomic E-state index is 0.261. The van der Waals surface area contributed by atoms with Gasteiger partial charge in [-0.3, -0.25) is 19.2 Å². The summed E-state index contributed by atoms with van der Waals surface area (Å²) in [6.07, 6.45) is 0. The fraction of sp³-hybridized carbons (Fsp3) is 0.273. The van der Waals surface area contributed by atoms with Crippen LogP contribution in [0.2, 0.25) is 0 Å². The van der Waals surface area contributed by atoms with Gasteiger partial charge in [0.2, 0.25) is 5.91 Å². The molecule has 0 aromatic heterocycles. The number of rotatable bonds is 8. The molecule has 0 spiro atoms. The lowest BCUT2D eigenvalue weighted by Crippen LogP contribution is -2.37. The number of aryl methyl sites for hydroxylation is 3. The standard InChI is InChI=1S/C22H24BrN3O5/c1-13-7-14(2)21(15(3)8-13)26-18(27)10-24-19(28)12-31-20(29)11-25-22(30)16-5-4-6-17(23)9-16/h4-9H,10-12H2,1-3H3,(H,24,28)(H,25,30)(H,26,27). The average Bonchev–Trinajstić information content (AvgIpc) is 2.71. The Bertz CT molecular complexity index is 983. The van der Waals surface area contributed by atoms with Gasteiger partial charge >= 0.3 is 5.97 Å². The van der Waals surface area contributed by atoms with E-state index in [1.807, 2.05) is 32.9 Å². The summed E-state index contributed by atoms with van der Waals surface area (Å²) in [5.41, 5.74) is 4.03. The van der Waals surface area contributed by atoms with Gasteiger partial charge in [0.15, 0.2) is 6.61 Å². The van der Waals surface area contributed by atoms with Crippen LogP contribution in [0.15, 0.2) is 40.9 Å². The number of hydrogen-bond acceptors (Lipinski definition) is 5. The van der Waals surface area contributed by atoms with Crippen molar-refractivity contribution in [3.63, 3.8) is 0 Å². The number of hydrogen-bond donors (Lipinski definition) is 3. The molecule has 0 aliphatic heterocycles. The Hall–Kier alpha value is -3.20. The van der Waals surface area contributed by atoms with Gasteiger partial charge in [-0.25, -0.2) is 0 Å². The van der Waals surface area contributed by atoms with Crippen LogP contribution in [-0.2, 0) is 19.1 Å². The predicted molar refractivity (Wildman–Crippen MR) is 120 cm³/mol. The molecule has 9 heteroatoms. The maximum Gasteiger partial charge on any atom is 0.325 e. The second-order valence-electron chi connectivity index (χ2n) is 6.95. The van der Waals surface area contributed by atoms with Crippen LogP contribution in [0.5, 0.6) is 0 Å². The van der Waals surface area contributed by atoms with E-state index in [2.05, 4.69) is 31.9 Å². The van der Waals surface area contributed by atoms with Gasteiger partial charge in [-0.05, 0) is 50.1 Å². The zero-order chi connectivity index (χ0) is 23.0. The molecule has 8 nitrogen and oxygen atoms in total. The van der Waals surface area contributed by atoms with Crippen molar-refractivity contribution in [1.82, 2.24) is 10.6 Å². The van der Waals surface area contributed by atoms with Gasteiger partial charge in [-0.1, -0.05) is 39.7 Å². The SMILES string of the molecule is Cc1cc(C)c(NC(=O)CNC(=O)COC(=O)CNC(=O)c2cccc(Br)c2)c(C)c1. The molecule has 0 bridgehead atoms. The summed E-state index contributed by atoms with van der Waals surface area (Å²) >= 11 is 3.26. The summed E-state index contributed by atoms with van der Waals surface area (Å²) in [5, 5.41) is 7.56. The van der Waals surface area contributed by atoms with Crippen LogP contribution in [0, 0.1) is 20.8 Å². The van der Waals surface area contributed by atoms with E-state index in [0.717, 1.165) is 21.2 Å². The molecule has 31 heavy (non-hydrogen) atoms. The summed E-state index contributed by atoms with van der Waals surface area (Å²) in [7, 11) is 0. The Morgan fingerprint density at radius 3 is 2.23 bits per heavy atom. The van der Waals surface area contributed by atoms with E-state index < -0.39 is 30.3 Å². The van der Waals surface area contributed by atoms with Gasteiger partial charge in [0, 0.05) is 15.7 Å². The van der Waals surface area contributed by atoms with E-state index in [1.165, 1.54) is 0 Å². The molecule has 0 radical (unpaired) electrons. The number of carbonyl (C=O) groups excluding carboxylic acids is 4. The number of esters is 1. The molecule has 3 amide bonds. The average molecular weight is 490 g/mol. The van der Waals surface area contributed by atoms with Gasteiger partial charge in [-0.2, -0.15) is 0 Å². The summed E-state index contributed by atoms with van der Waals surface area (Å²) in [5.74, 6) is -2.23. The number of anilines is 1. The lowest BCUT2D eigenvalue weighted by Gasteiger charge is -2.13. The highest BCUT2D eigenvalue weighted by Crippen LogP contribution is 2.21. The van der Waals surface area contributed by atoms with Crippen molar-refractivity contribution in [2.75, 3.05) is 25.0 Å². The molecular formula is C22H24BrN3O5. The first kappa shape index (κ1) is 24.1. The zero-order valence-corrected chi connectivity index (χ0v) is 19.1. The maximum absolute atomic E-state index is 12.1. The minimum Gasteiger partial charge on any atom is -0.454 e. The van der Waals surface area contributed by atoms with Crippen LogP contribution in [0.1, 0.15) is 27.0 Å². The van der Waals surface area contributed by atoms with E-state index in [-0.39, 0.29) is 13.1 Å². The Morgan fingerprint density at radius 1 is 0.903 bits per heavy atom. The second-order valence-corrected chi connectivity index (χ2v) is 7.87. The van der Waals surface area contributed by atoms with Crippen LogP contribution in [0.3, 0.4) is 0 Å². The highest BCUT2D eigenvalue weighted by Gasteiger charge is 2.13. The number of carbonyl (C=O) groups is 4. The van der Waals surface area contributed by atoms with Crippen molar-refractivity contribution in [3.05, 3.63) is 63.1 Å². The van der Waals surface area contributed by atoms with Gasteiger partial charge in [0.05, 0.1) is 6.54 Å². The van der Waals surface area contributed by atoms with Crippen LogP contribution in [0.25, 0.3) is 0 Å². The molecule has 0 heterocycles. The van der Waals surface area contributed by atoms with Crippen molar-refractivity contribution in [3.8, 4) is 0 Å². The molecule has 164 valence electrons. The van der Waals surface area contributed by atoms with Crippen LogP contribution in [0.4, 0.5) is 5.69 Å². The third-order valence-corrected chi connectivity index (χ3v) is 4.73. The van der Waals surface area contributed by atoms with Crippen molar-refractivity contribution < 1.29 is 23.9 Å². The first-order valence-corrected chi connectivity index (χ1v) is 10.3. The molecule has 0 aliphatic carbocycles. The van der Waals surface area contributed by atoms with Crippen molar-refractivity contribution in [1.29, 1.82) is 0 Å². The van der Waals surface area contributed by atoms with Gasteiger partial charge in [0.1, 0.15) is 6.54 Å². The van der Waals surface area contributed by atoms with E-state index >= 15 is 0 Å². The quantitative estimate of drug-likeness (QED) is 0.492. The predicted octanol–water partition coefficient (Wildman–Crippen LogP) is 2.40. The second kappa shape index (κ2) is 11.3. The molecule has 0 aliphatic rings. The first-order valence-electron chi connectivity index (χ1n) is 9.49. The van der Waals surface area contributed by atoms with Crippen molar-refractivity contribution >= 4 is 45.3 Å². The summed E-state index contributed by atoms with van der Waals surface area (Å²) in [4.78, 5) is 47.6. The molecule has 0 atom stereocenters. The zero-order valence-electron chi connectivity index (χ0n) is 17.5. The Labute approximate surface area is 188 Å². The molecule has 2 aromatic rings. The van der Waals surface area contributed by atoms with E-state index in [4.69, 9.17) is 4.74 Å². The number of ether oxygens (including phenoxy) is 1. The van der Waals surface area contributed by atoms with E-state index in [9.17, 15) is 19.2 Å². The molecule has 2 rings (SSSR count). The highest BCUT2D eigenvalue weighted by molar-refractivity contribution is 9.10. The first-order chi connectivity index (χ1) is 14.7. The largest absolute Gasteiger partial charge is 0.454 e. The molecule has 0 unspecified atom stereocenters. The number of benzene rings is 2. The van der Waals surface area contributed by atoms with Crippen molar-refractivity contribution in [2.24, 2.45) is 0 Å². The van der Waals surface area contributed by atoms with Crippen LogP contribution < -0.4 is 16.0 Å².